The molecule has 6 heteroatoms. The molecular formula is C23H27FN2O3. The van der Waals surface area contributed by atoms with E-state index in [9.17, 15) is 14.0 Å². The van der Waals surface area contributed by atoms with Gasteiger partial charge in [0, 0.05) is 31.1 Å². The van der Waals surface area contributed by atoms with Gasteiger partial charge in [0.2, 0.25) is 5.91 Å². The van der Waals surface area contributed by atoms with Crippen LogP contribution in [0.25, 0.3) is 0 Å². The van der Waals surface area contributed by atoms with Crippen LogP contribution in [0.2, 0.25) is 0 Å². The zero-order valence-corrected chi connectivity index (χ0v) is 16.9. The first-order valence-electron chi connectivity index (χ1n) is 10.00. The standard InChI is InChI=1S/C23H27FN2O3/c1-3-4-12-25-22(27)21-15-26(23(28)16-8-10-18(24)11-9-16)14-20(21)17-6-5-7-19(13-17)29-2/h5-11,13,20-21H,3-4,12,14-15H2,1-2H3,(H,25,27)/t20-,21-/m1/s1. The summed E-state index contributed by atoms with van der Waals surface area (Å²) in [6.07, 6.45) is 1.92. The largest absolute Gasteiger partial charge is 0.497 e. The van der Waals surface area contributed by atoms with Gasteiger partial charge in [0.1, 0.15) is 11.6 Å². The van der Waals surface area contributed by atoms with Crippen molar-refractivity contribution >= 4 is 11.8 Å². The Morgan fingerprint density at radius 3 is 2.62 bits per heavy atom. The number of carbonyl (C=O) groups is 2. The van der Waals surface area contributed by atoms with Crippen molar-refractivity contribution in [1.29, 1.82) is 0 Å². The summed E-state index contributed by atoms with van der Waals surface area (Å²) < 4.78 is 18.5. The molecule has 1 aliphatic heterocycles. The molecule has 3 rings (SSSR count). The minimum Gasteiger partial charge on any atom is -0.497 e. The van der Waals surface area contributed by atoms with E-state index in [1.807, 2.05) is 24.3 Å². The van der Waals surface area contributed by atoms with Crippen molar-refractivity contribution in [3.05, 3.63) is 65.5 Å². The molecule has 1 saturated heterocycles. The van der Waals surface area contributed by atoms with E-state index in [-0.39, 0.29) is 29.5 Å². The van der Waals surface area contributed by atoms with Crippen molar-refractivity contribution in [2.45, 2.75) is 25.7 Å². The second kappa shape index (κ2) is 9.54. The van der Waals surface area contributed by atoms with Crippen LogP contribution in [0.5, 0.6) is 5.75 Å². The first kappa shape index (κ1) is 20.8. The van der Waals surface area contributed by atoms with E-state index in [2.05, 4.69) is 12.2 Å². The first-order chi connectivity index (χ1) is 14.0. The van der Waals surface area contributed by atoms with Gasteiger partial charge in [-0.3, -0.25) is 9.59 Å². The summed E-state index contributed by atoms with van der Waals surface area (Å²) in [5, 5.41) is 3.00. The van der Waals surface area contributed by atoms with Crippen molar-refractivity contribution in [2.24, 2.45) is 5.92 Å². The normalized spacial score (nSPS) is 18.5. The molecular weight excluding hydrogens is 371 g/mol. The van der Waals surface area contributed by atoms with Gasteiger partial charge in [-0.25, -0.2) is 4.39 Å². The second-order valence-electron chi connectivity index (χ2n) is 7.35. The average molecular weight is 398 g/mol. The van der Waals surface area contributed by atoms with Crippen LogP contribution in [0.1, 0.15) is 41.6 Å². The van der Waals surface area contributed by atoms with Crippen LogP contribution in [-0.2, 0) is 4.79 Å². The smallest absolute Gasteiger partial charge is 0.253 e. The fourth-order valence-electron chi connectivity index (χ4n) is 3.74. The molecule has 2 amide bonds. The van der Waals surface area contributed by atoms with Gasteiger partial charge in [-0.15, -0.1) is 0 Å². The van der Waals surface area contributed by atoms with E-state index in [4.69, 9.17) is 4.74 Å². The number of nitrogens with zero attached hydrogens (tertiary/aromatic N) is 1. The van der Waals surface area contributed by atoms with Crippen molar-refractivity contribution in [3.8, 4) is 5.75 Å². The van der Waals surface area contributed by atoms with Crippen LogP contribution in [0.4, 0.5) is 4.39 Å². The molecule has 2 aromatic rings. The fraction of sp³-hybridized carbons (Fsp3) is 0.391. The van der Waals surface area contributed by atoms with E-state index in [0.717, 1.165) is 24.2 Å². The molecule has 154 valence electrons. The Labute approximate surface area is 170 Å². The van der Waals surface area contributed by atoms with Gasteiger partial charge in [-0.2, -0.15) is 0 Å². The lowest BCUT2D eigenvalue weighted by atomic mass is 9.88. The fourth-order valence-corrected chi connectivity index (χ4v) is 3.74. The third-order valence-corrected chi connectivity index (χ3v) is 5.39. The van der Waals surface area contributed by atoms with Crippen molar-refractivity contribution < 1.29 is 18.7 Å². The van der Waals surface area contributed by atoms with Gasteiger partial charge in [-0.05, 0) is 48.4 Å². The number of nitrogens with one attached hydrogen (secondary N) is 1. The Bertz CT molecular complexity index is 853. The molecule has 1 aliphatic rings. The summed E-state index contributed by atoms with van der Waals surface area (Å²) in [6.45, 7) is 3.46. The number of hydrogen-bond donors (Lipinski definition) is 1. The molecule has 0 radical (unpaired) electrons. The van der Waals surface area contributed by atoms with E-state index < -0.39 is 0 Å². The average Bonchev–Trinajstić information content (AvgIpc) is 3.19. The van der Waals surface area contributed by atoms with Gasteiger partial charge in [0.25, 0.3) is 5.91 Å². The van der Waals surface area contributed by atoms with Gasteiger partial charge >= 0.3 is 0 Å². The predicted octanol–water partition coefficient (Wildman–Crippen LogP) is 3.61. The zero-order valence-electron chi connectivity index (χ0n) is 16.9. The molecule has 29 heavy (non-hydrogen) atoms. The third-order valence-electron chi connectivity index (χ3n) is 5.39. The Morgan fingerprint density at radius 2 is 1.93 bits per heavy atom. The molecule has 2 atom stereocenters. The quantitative estimate of drug-likeness (QED) is 0.725. The van der Waals surface area contributed by atoms with E-state index >= 15 is 0 Å². The maximum atomic E-state index is 13.2. The Hall–Kier alpha value is -2.89. The highest BCUT2D eigenvalue weighted by molar-refractivity contribution is 5.95. The molecule has 0 aromatic heterocycles. The lowest BCUT2D eigenvalue weighted by Gasteiger charge is -2.18. The number of hydrogen-bond acceptors (Lipinski definition) is 3. The second-order valence-corrected chi connectivity index (χ2v) is 7.35. The molecule has 0 saturated carbocycles. The van der Waals surface area contributed by atoms with Gasteiger partial charge < -0.3 is 15.0 Å². The van der Waals surface area contributed by atoms with Crippen molar-refractivity contribution in [3.63, 3.8) is 0 Å². The van der Waals surface area contributed by atoms with Crippen LogP contribution >= 0.6 is 0 Å². The minimum absolute atomic E-state index is 0.0410. The number of rotatable bonds is 7. The summed E-state index contributed by atoms with van der Waals surface area (Å²) in [7, 11) is 1.60. The van der Waals surface area contributed by atoms with Crippen LogP contribution < -0.4 is 10.1 Å². The number of likely N-dealkylation sites (tertiary alicyclic amines) is 1. The highest BCUT2D eigenvalue weighted by Gasteiger charge is 2.40. The molecule has 5 nitrogen and oxygen atoms in total. The van der Waals surface area contributed by atoms with Gasteiger partial charge in [-0.1, -0.05) is 25.5 Å². The lowest BCUT2D eigenvalue weighted by molar-refractivity contribution is -0.124. The molecule has 1 fully saturated rings. The number of benzene rings is 2. The summed E-state index contributed by atoms with van der Waals surface area (Å²) in [5.41, 5.74) is 1.39. The third kappa shape index (κ3) is 4.94. The van der Waals surface area contributed by atoms with E-state index in [1.54, 1.807) is 12.0 Å². The number of methoxy groups -OCH3 is 1. The number of amides is 2. The molecule has 1 heterocycles. The lowest BCUT2D eigenvalue weighted by Crippen LogP contribution is -2.36. The molecule has 0 aliphatic carbocycles. The first-order valence-corrected chi connectivity index (χ1v) is 10.00. The van der Waals surface area contributed by atoms with Crippen LogP contribution in [-0.4, -0.2) is 43.5 Å². The van der Waals surface area contributed by atoms with E-state index in [0.29, 0.717) is 25.2 Å². The molecule has 0 unspecified atom stereocenters. The number of unbranched alkanes of at least 4 members (excludes halogenated alkanes) is 1. The summed E-state index contributed by atoms with van der Waals surface area (Å²) >= 11 is 0. The van der Waals surface area contributed by atoms with Gasteiger partial charge in [0.05, 0.1) is 13.0 Å². The van der Waals surface area contributed by atoms with Crippen molar-refractivity contribution in [1.82, 2.24) is 10.2 Å². The van der Waals surface area contributed by atoms with Crippen molar-refractivity contribution in [2.75, 3.05) is 26.7 Å². The number of ether oxygens (including phenoxy) is 1. The zero-order chi connectivity index (χ0) is 20.8. The maximum absolute atomic E-state index is 13.2. The molecule has 1 N–H and O–H groups in total. The topological polar surface area (TPSA) is 58.6 Å². The molecule has 0 bridgehead atoms. The minimum atomic E-state index is -0.384. The molecule has 2 aromatic carbocycles. The van der Waals surface area contributed by atoms with Crippen LogP contribution in [0.15, 0.2) is 48.5 Å². The maximum Gasteiger partial charge on any atom is 0.253 e. The highest BCUT2D eigenvalue weighted by atomic mass is 19.1. The van der Waals surface area contributed by atoms with Gasteiger partial charge in [0.15, 0.2) is 0 Å². The Morgan fingerprint density at radius 1 is 1.17 bits per heavy atom. The Balaban J connectivity index is 1.83. The summed E-state index contributed by atoms with van der Waals surface area (Å²) in [6, 6.07) is 13.1. The molecule has 0 spiro atoms. The van der Waals surface area contributed by atoms with Crippen LogP contribution in [0.3, 0.4) is 0 Å². The number of halogens is 1. The summed E-state index contributed by atoms with van der Waals surface area (Å²) in [5.74, 6) is -0.372. The summed E-state index contributed by atoms with van der Waals surface area (Å²) in [4.78, 5) is 27.5. The monoisotopic (exact) mass is 398 g/mol. The number of carbonyl (C=O) groups excluding carboxylic acids is 2. The van der Waals surface area contributed by atoms with E-state index in [1.165, 1.54) is 24.3 Å². The highest BCUT2D eigenvalue weighted by Crippen LogP contribution is 2.35. The SMILES string of the molecule is CCCCNC(=O)[C@@H]1CN(C(=O)c2ccc(F)cc2)C[C@@H]1c1cccc(OC)c1. The Kier molecular flexibility index (Phi) is 6.86. The predicted molar refractivity (Wildman–Crippen MR) is 109 cm³/mol. The van der Waals surface area contributed by atoms with Crippen LogP contribution in [0, 0.1) is 11.7 Å².